The fourth-order valence-electron chi connectivity index (χ4n) is 6.12. The minimum absolute atomic E-state index is 0.723. The van der Waals surface area contributed by atoms with Gasteiger partial charge >= 0.3 is 0 Å². The lowest BCUT2D eigenvalue weighted by Gasteiger charge is -2.47. The Morgan fingerprint density at radius 1 is 0.727 bits per heavy atom. The van der Waals surface area contributed by atoms with Crippen LogP contribution in [0.5, 0.6) is 5.75 Å². The molecule has 0 unspecified atom stereocenters. The van der Waals surface area contributed by atoms with Crippen molar-refractivity contribution in [3.63, 3.8) is 0 Å². The lowest BCUT2D eigenvalue weighted by atomic mass is 9.96. The lowest BCUT2D eigenvalue weighted by Crippen LogP contribution is -2.57. The van der Waals surface area contributed by atoms with Crippen LogP contribution in [0.15, 0.2) is 54.6 Å². The molecule has 2 aromatic carbocycles. The summed E-state index contributed by atoms with van der Waals surface area (Å²) in [5, 5.41) is 0. The first-order valence-electron chi connectivity index (χ1n) is 12.9. The van der Waals surface area contributed by atoms with Gasteiger partial charge in [-0.3, -0.25) is 14.7 Å². The van der Waals surface area contributed by atoms with E-state index in [-0.39, 0.29) is 0 Å². The van der Waals surface area contributed by atoms with Crippen LogP contribution in [0.2, 0.25) is 0 Å². The Labute approximate surface area is 199 Å². The fraction of sp³-hybridized carbons (Fsp3) is 0.571. The van der Waals surface area contributed by atoms with Gasteiger partial charge in [0.2, 0.25) is 0 Å². The van der Waals surface area contributed by atoms with Crippen LogP contribution in [-0.4, -0.2) is 86.3 Å². The van der Waals surface area contributed by atoms with Crippen LogP contribution in [0.1, 0.15) is 31.2 Å². The van der Waals surface area contributed by atoms with Crippen LogP contribution in [0, 0.1) is 0 Å². The molecule has 0 aliphatic carbocycles. The van der Waals surface area contributed by atoms with Crippen molar-refractivity contribution in [2.75, 3.05) is 64.4 Å². The lowest BCUT2D eigenvalue weighted by molar-refractivity contribution is 0.0406. The highest BCUT2D eigenvalue weighted by molar-refractivity contribution is 5.58. The molecule has 0 radical (unpaired) electrons. The molecule has 0 saturated carbocycles. The first kappa shape index (κ1) is 22.7. The zero-order valence-electron chi connectivity index (χ0n) is 20.2. The van der Waals surface area contributed by atoms with Gasteiger partial charge in [-0.2, -0.15) is 0 Å². The first-order valence-corrected chi connectivity index (χ1v) is 12.9. The zero-order chi connectivity index (χ0) is 22.5. The molecule has 2 aromatic rings. The highest BCUT2D eigenvalue weighted by Crippen LogP contribution is 2.30. The normalized spacial score (nSPS) is 24.2. The second-order valence-corrected chi connectivity index (χ2v) is 9.98. The van der Waals surface area contributed by atoms with E-state index in [0.29, 0.717) is 0 Å². The van der Waals surface area contributed by atoms with Gasteiger partial charge in [0.05, 0.1) is 12.8 Å². The van der Waals surface area contributed by atoms with Crippen molar-refractivity contribution < 1.29 is 4.74 Å². The Hall–Kier alpha value is -2.08. The van der Waals surface area contributed by atoms with Gasteiger partial charge in [0.1, 0.15) is 5.75 Å². The second-order valence-electron chi connectivity index (χ2n) is 9.98. The van der Waals surface area contributed by atoms with Crippen molar-refractivity contribution in [3.8, 4) is 5.75 Å². The highest BCUT2D eigenvalue weighted by atomic mass is 16.5. The van der Waals surface area contributed by atoms with E-state index >= 15 is 0 Å². The molecule has 33 heavy (non-hydrogen) atoms. The van der Waals surface area contributed by atoms with E-state index in [1.807, 2.05) is 0 Å². The molecule has 5 nitrogen and oxygen atoms in total. The fourth-order valence-corrected chi connectivity index (χ4v) is 6.12. The van der Waals surface area contributed by atoms with E-state index in [2.05, 4.69) is 74.2 Å². The average molecular weight is 449 g/mol. The van der Waals surface area contributed by atoms with Gasteiger partial charge in [0.25, 0.3) is 0 Å². The molecule has 0 N–H and O–H groups in total. The van der Waals surface area contributed by atoms with E-state index in [1.54, 1.807) is 7.11 Å². The minimum atomic E-state index is 0.723. The molecule has 3 aliphatic heterocycles. The molecule has 3 aliphatic rings. The molecule has 0 amide bonds. The average Bonchev–Trinajstić information content (AvgIpc) is 2.90. The standard InChI is InChI=1S/C28H40N4O/c1-33-28-12-6-5-11-27(28)31-20-18-30(19-21-31)26-10-7-15-32(23-26)25-13-16-29(17-14-25)22-24-8-3-2-4-9-24/h2-6,8-9,11-12,25-26H,7,10,13-23H2,1H3/t26-/m0/s1. The number of benzene rings is 2. The first-order chi connectivity index (χ1) is 16.3. The summed E-state index contributed by atoms with van der Waals surface area (Å²) >= 11 is 0. The number of para-hydroxylation sites is 2. The number of anilines is 1. The second kappa shape index (κ2) is 10.9. The smallest absolute Gasteiger partial charge is 0.142 e. The number of rotatable bonds is 6. The summed E-state index contributed by atoms with van der Waals surface area (Å²) < 4.78 is 5.60. The number of piperidine rings is 2. The quantitative estimate of drug-likeness (QED) is 0.666. The topological polar surface area (TPSA) is 22.2 Å². The van der Waals surface area contributed by atoms with Crippen molar-refractivity contribution in [2.45, 2.75) is 44.3 Å². The van der Waals surface area contributed by atoms with E-state index in [1.165, 1.54) is 63.1 Å². The number of hydrogen-bond donors (Lipinski definition) is 0. The van der Waals surface area contributed by atoms with E-state index in [4.69, 9.17) is 4.74 Å². The highest BCUT2D eigenvalue weighted by Gasteiger charge is 2.32. The van der Waals surface area contributed by atoms with Crippen LogP contribution >= 0.6 is 0 Å². The van der Waals surface area contributed by atoms with E-state index in [9.17, 15) is 0 Å². The van der Waals surface area contributed by atoms with Gasteiger partial charge in [-0.15, -0.1) is 0 Å². The molecule has 178 valence electrons. The summed E-state index contributed by atoms with van der Waals surface area (Å²) in [6.07, 6.45) is 5.35. The Morgan fingerprint density at radius 2 is 1.45 bits per heavy atom. The number of hydrogen-bond acceptors (Lipinski definition) is 5. The maximum atomic E-state index is 5.60. The third-order valence-corrected chi connectivity index (χ3v) is 8.01. The third kappa shape index (κ3) is 5.53. The van der Waals surface area contributed by atoms with Crippen LogP contribution < -0.4 is 9.64 Å². The zero-order valence-corrected chi connectivity index (χ0v) is 20.2. The summed E-state index contributed by atoms with van der Waals surface area (Å²) in [5.74, 6) is 0.994. The summed E-state index contributed by atoms with van der Waals surface area (Å²) in [4.78, 5) is 10.7. The summed E-state index contributed by atoms with van der Waals surface area (Å²) in [7, 11) is 1.78. The molecule has 3 heterocycles. The van der Waals surface area contributed by atoms with Crippen LogP contribution in [0.4, 0.5) is 5.69 Å². The van der Waals surface area contributed by atoms with Crippen molar-refractivity contribution in [1.82, 2.24) is 14.7 Å². The molecule has 0 spiro atoms. The van der Waals surface area contributed by atoms with Crippen LogP contribution in [0.25, 0.3) is 0 Å². The maximum Gasteiger partial charge on any atom is 0.142 e. The van der Waals surface area contributed by atoms with Crippen molar-refractivity contribution in [3.05, 3.63) is 60.2 Å². The Morgan fingerprint density at radius 3 is 2.21 bits per heavy atom. The van der Waals surface area contributed by atoms with Crippen LogP contribution in [-0.2, 0) is 6.54 Å². The summed E-state index contributed by atoms with van der Waals surface area (Å²) in [5.41, 5.74) is 2.69. The Balaban J connectivity index is 1.10. The molecule has 0 aromatic heterocycles. The Kier molecular flexibility index (Phi) is 7.50. The predicted molar refractivity (Wildman–Crippen MR) is 136 cm³/mol. The molecule has 1 atom stereocenters. The monoisotopic (exact) mass is 448 g/mol. The SMILES string of the molecule is COc1ccccc1N1CCN([C@H]2CCCN(C3CCN(Cc4ccccc4)CC3)C2)CC1. The van der Waals surface area contributed by atoms with Gasteiger partial charge < -0.3 is 9.64 Å². The molecular weight excluding hydrogens is 408 g/mol. The van der Waals surface area contributed by atoms with E-state index in [0.717, 1.165) is 50.6 Å². The molecule has 3 fully saturated rings. The number of ether oxygens (including phenoxy) is 1. The van der Waals surface area contributed by atoms with Gasteiger partial charge in [-0.25, -0.2) is 0 Å². The largest absolute Gasteiger partial charge is 0.495 e. The third-order valence-electron chi connectivity index (χ3n) is 8.01. The molecule has 3 saturated heterocycles. The minimum Gasteiger partial charge on any atom is -0.495 e. The number of methoxy groups -OCH3 is 1. The van der Waals surface area contributed by atoms with Gasteiger partial charge in [-0.1, -0.05) is 42.5 Å². The molecule has 5 heteroatoms. The van der Waals surface area contributed by atoms with Crippen LogP contribution in [0.3, 0.4) is 0 Å². The van der Waals surface area contributed by atoms with E-state index < -0.39 is 0 Å². The molecule has 5 rings (SSSR count). The van der Waals surface area contributed by atoms with Gasteiger partial charge in [-0.05, 0) is 63.0 Å². The van der Waals surface area contributed by atoms with Gasteiger partial charge in [0.15, 0.2) is 0 Å². The number of likely N-dealkylation sites (tertiary alicyclic amines) is 2. The molecule has 0 bridgehead atoms. The summed E-state index contributed by atoms with van der Waals surface area (Å²) in [6, 6.07) is 20.9. The van der Waals surface area contributed by atoms with Crippen molar-refractivity contribution in [2.24, 2.45) is 0 Å². The van der Waals surface area contributed by atoms with Crippen molar-refractivity contribution >= 4 is 5.69 Å². The summed E-state index contributed by atoms with van der Waals surface area (Å²) in [6.45, 7) is 10.6. The number of nitrogens with zero attached hydrogens (tertiary/aromatic N) is 4. The molecular formula is C28H40N4O. The predicted octanol–water partition coefficient (Wildman–Crippen LogP) is 3.95. The van der Waals surface area contributed by atoms with Crippen molar-refractivity contribution in [1.29, 1.82) is 0 Å². The maximum absolute atomic E-state index is 5.60. The number of piperazine rings is 1. The Bertz CT molecular complexity index is 859. The van der Waals surface area contributed by atoms with Gasteiger partial charge in [0, 0.05) is 51.4 Å².